The minimum atomic E-state index is -0.773. The van der Waals surface area contributed by atoms with Gasteiger partial charge in [0.2, 0.25) is 11.8 Å². The molecule has 1 aromatic carbocycles. The molecule has 2 aliphatic rings. The van der Waals surface area contributed by atoms with Crippen LogP contribution in [0.15, 0.2) is 54.7 Å². The summed E-state index contributed by atoms with van der Waals surface area (Å²) in [6.07, 6.45) is 29.6. The minimum absolute atomic E-state index is 0.00371. The Kier molecular flexibility index (Phi) is 28.4. The van der Waals surface area contributed by atoms with Crippen molar-refractivity contribution in [1.82, 2.24) is 20.6 Å². The molecular formula is C64H103N8O7+. The second-order valence-corrected chi connectivity index (χ2v) is 24.5. The molecule has 2 aromatic heterocycles. The van der Waals surface area contributed by atoms with Crippen LogP contribution in [0.4, 0.5) is 11.5 Å². The zero-order valence-corrected chi connectivity index (χ0v) is 49.7. The molecule has 5 rings (SSSR count). The fourth-order valence-electron chi connectivity index (χ4n) is 11.3. The monoisotopic (exact) mass is 1100 g/mol. The molecule has 1 atom stereocenters. The van der Waals surface area contributed by atoms with Crippen molar-refractivity contribution in [2.75, 3.05) is 90.0 Å². The average molecular weight is 1100 g/mol. The van der Waals surface area contributed by atoms with Gasteiger partial charge in [0.05, 0.1) is 52.0 Å². The number of piperidine rings is 1. The Labute approximate surface area is 475 Å². The van der Waals surface area contributed by atoms with E-state index in [2.05, 4.69) is 34.4 Å². The molecule has 3 amide bonds. The number of pyridine rings is 2. The number of anilines is 2. The zero-order chi connectivity index (χ0) is 56.9. The Balaban J connectivity index is 0.933. The van der Waals surface area contributed by atoms with Crippen LogP contribution in [0, 0.1) is 24.2 Å². The molecule has 1 saturated carbocycles. The van der Waals surface area contributed by atoms with E-state index in [9.17, 15) is 24.3 Å². The number of carboxylic acids is 1. The van der Waals surface area contributed by atoms with Crippen molar-refractivity contribution < 1.29 is 38.2 Å². The van der Waals surface area contributed by atoms with Crippen molar-refractivity contribution in [3.8, 4) is 11.6 Å². The van der Waals surface area contributed by atoms with Crippen molar-refractivity contribution >= 4 is 35.2 Å². The molecule has 79 heavy (non-hydrogen) atoms. The lowest BCUT2D eigenvalue weighted by atomic mass is 9.85. The molecule has 0 radical (unpaired) electrons. The molecule has 1 saturated heterocycles. The van der Waals surface area contributed by atoms with Crippen molar-refractivity contribution in [2.45, 2.75) is 187 Å². The summed E-state index contributed by atoms with van der Waals surface area (Å²) in [7, 11) is 5.74. The fourth-order valence-corrected chi connectivity index (χ4v) is 11.3. The summed E-state index contributed by atoms with van der Waals surface area (Å²) in [5, 5.41) is 15.4. The molecule has 15 nitrogen and oxygen atoms in total. The Morgan fingerprint density at radius 2 is 1.42 bits per heavy atom. The highest BCUT2D eigenvalue weighted by molar-refractivity contribution is 6.09. The number of carboxylic acid groups (broad SMARTS) is 1. The lowest BCUT2D eigenvalue weighted by Crippen LogP contribution is -2.49. The number of nitrogens with two attached hydrogens (primary N) is 1. The normalized spacial score (nSPS) is 14.4. The van der Waals surface area contributed by atoms with Crippen LogP contribution in [0.25, 0.3) is 0 Å². The summed E-state index contributed by atoms with van der Waals surface area (Å²) in [5.41, 5.74) is 8.74. The van der Waals surface area contributed by atoms with E-state index < -0.39 is 5.97 Å². The maximum Gasteiger partial charge on any atom is 0.303 e. The Bertz CT molecular complexity index is 2280. The van der Waals surface area contributed by atoms with Crippen LogP contribution in [0.5, 0.6) is 11.6 Å². The minimum Gasteiger partial charge on any atom is -0.497 e. The van der Waals surface area contributed by atoms with Crippen LogP contribution in [0.2, 0.25) is 0 Å². The van der Waals surface area contributed by atoms with Gasteiger partial charge in [0.1, 0.15) is 11.6 Å². The third-order valence-corrected chi connectivity index (χ3v) is 16.2. The van der Waals surface area contributed by atoms with Crippen molar-refractivity contribution in [3.05, 3.63) is 71.5 Å². The standard InChI is InChI=1S/C64H102N8O7/c1-50-26-24-27-58(69-50)71(63(77)55-32-31-54(78-6)45-57(55)70-41-34-51(35-42-70)48-79-61-44-53(33-39-68-61)56(46-62(75)76)52-29-30-52)49-64(2,3)36-23-21-19-17-15-13-11-9-7-8-10-12-14-16-18-20-22-28-59(73)66-38-25-43-72(4,5)47-60(74)67-40-37-65/h24,26-27,31-33,39,44-45,51-52,56H,7-23,25,28-30,34-38,40-43,46-49,65H2,1-6H3,(H2-,66,67,73,74,75,76)/p+1/t56-/m0/s1. The van der Waals surface area contributed by atoms with Gasteiger partial charge in [-0.2, -0.15) is 0 Å². The molecule has 2 fully saturated rings. The topological polar surface area (TPSA) is 189 Å². The van der Waals surface area contributed by atoms with Crippen LogP contribution >= 0.6 is 0 Å². The van der Waals surface area contributed by atoms with Gasteiger partial charge in [-0.3, -0.25) is 24.1 Å². The number of unbranched alkanes of at least 4 members (excludes halogenated alkanes) is 16. The lowest BCUT2D eigenvalue weighted by Gasteiger charge is -2.36. The number of benzene rings is 1. The number of rotatable bonds is 41. The third-order valence-electron chi connectivity index (χ3n) is 16.2. The van der Waals surface area contributed by atoms with Gasteiger partial charge < -0.3 is 40.3 Å². The van der Waals surface area contributed by atoms with E-state index in [1.807, 2.05) is 74.4 Å². The van der Waals surface area contributed by atoms with E-state index in [4.69, 9.17) is 20.2 Å². The largest absolute Gasteiger partial charge is 0.497 e. The summed E-state index contributed by atoms with van der Waals surface area (Å²) in [6, 6.07) is 15.6. The molecule has 3 heterocycles. The van der Waals surface area contributed by atoms with Gasteiger partial charge in [0, 0.05) is 76.1 Å². The van der Waals surface area contributed by atoms with Gasteiger partial charge in [0.25, 0.3) is 11.8 Å². The first-order chi connectivity index (χ1) is 38.1. The van der Waals surface area contributed by atoms with E-state index in [0.29, 0.717) is 85.1 Å². The number of methoxy groups -OCH3 is 1. The molecule has 3 aromatic rings. The smallest absolute Gasteiger partial charge is 0.303 e. The molecule has 0 unspecified atom stereocenters. The van der Waals surface area contributed by atoms with Gasteiger partial charge >= 0.3 is 5.97 Å². The number of aryl methyl sites for hydroxylation is 1. The van der Waals surface area contributed by atoms with Gasteiger partial charge in [-0.1, -0.05) is 123 Å². The first-order valence-electron chi connectivity index (χ1n) is 30.6. The molecule has 0 spiro atoms. The van der Waals surface area contributed by atoms with Crippen LogP contribution in [0.3, 0.4) is 0 Å². The van der Waals surface area contributed by atoms with E-state index in [1.54, 1.807) is 13.3 Å². The van der Waals surface area contributed by atoms with Crippen molar-refractivity contribution in [1.29, 1.82) is 0 Å². The number of carbonyl (C=O) groups is 4. The molecule has 5 N–H and O–H groups in total. The zero-order valence-electron chi connectivity index (χ0n) is 49.7. The summed E-state index contributed by atoms with van der Waals surface area (Å²) in [5.74, 6) is 2.00. The quantitative estimate of drug-likeness (QED) is 0.0313. The fraction of sp³-hybridized carbons (Fsp3) is 0.688. The molecule has 1 aliphatic carbocycles. The number of aliphatic carboxylic acids is 1. The van der Waals surface area contributed by atoms with Gasteiger partial charge in [-0.15, -0.1) is 0 Å². The van der Waals surface area contributed by atoms with Crippen LogP contribution in [-0.2, 0) is 14.4 Å². The summed E-state index contributed by atoms with van der Waals surface area (Å²) in [4.78, 5) is 64.4. The number of likely N-dealkylation sites (N-methyl/N-ethyl adjacent to an activating group) is 1. The number of amides is 3. The van der Waals surface area contributed by atoms with E-state index in [-0.39, 0.29) is 35.5 Å². The molecule has 0 bridgehead atoms. The van der Waals surface area contributed by atoms with E-state index in [0.717, 1.165) is 94.4 Å². The van der Waals surface area contributed by atoms with Gasteiger partial charge in [0.15, 0.2) is 6.54 Å². The summed E-state index contributed by atoms with van der Waals surface area (Å²) in [6.45, 7) is 12.0. The predicted molar refractivity (Wildman–Crippen MR) is 319 cm³/mol. The highest BCUT2D eigenvalue weighted by Gasteiger charge is 2.35. The number of nitrogens with one attached hydrogen (secondary N) is 2. The number of ether oxygens (including phenoxy) is 2. The SMILES string of the molecule is COc1ccc(C(=O)N(CC(C)(C)CCCCCCCCCCCCCCCCCCCC(=O)NCCC[N+](C)(C)CC(=O)NCCN)c2cccc(C)n2)c(N2CCC(COc3cc([C@@H](CC(=O)O)C4CC4)ccn3)CC2)c1. The average Bonchev–Trinajstić information content (AvgIpc) is 4.30. The number of hydrogen-bond donors (Lipinski definition) is 4. The Morgan fingerprint density at radius 3 is 2.01 bits per heavy atom. The number of hydrogen-bond acceptors (Lipinski definition) is 10. The first-order valence-corrected chi connectivity index (χ1v) is 30.6. The molecule has 1 aliphatic heterocycles. The second kappa shape index (κ2) is 34.8. The Hall–Kier alpha value is -5.28. The number of quaternary nitrogens is 1. The third kappa shape index (κ3) is 25.0. The van der Waals surface area contributed by atoms with Gasteiger partial charge in [-0.05, 0) is 105 Å². The van der Waals surface area contributed by atoms with Crippen LogP contribution in [-0.4, -0.2) is 123 Å². The molecular weight excluding hydrogens is 993 g/mol. The van der Waals surface area contributed by atoms with Crippen molar-refractivity contribution in [3.63, 3.8) is 0 Å². The summed E-state index contributed by atoms with van der Waals surface area (Å²) < 4.78 is 12.6. The highest BCUT2D eigenvalue weighted by atomic mass is 16.5. The predicted octanol–water partition coefficient (Wildman–Crippen LogP) is 11.8. The maximum atomic E-state index is 15.0. The van der Waals surface area contributed by atoms with Gasteiger partial charge in [-0.25, -0.2) is 9.97 Å². The second-order valence-electron chi connectivity index (χ2n) is 24.5. The van der Waals surface area contributed by atoms with Crippen LogP contribution < -0.4 is 35.6 Å². The van der Waals surface area contributed by atoms with Crippen LogP contribution in [0.1, 0.15) is 202 Å². The Morgan fingerprint density at radius 1 is 0.797 bits per heavy atom. The van der Waals surface area contributed by atoms with Crippen molar-refractivity contribution in [2.24, 2.45) is 23.0 Å². The number of nitrogens with zero attached hydrogens (tertiary/aromatic N) is 5. The first kappa shape index (κ1) is 64.5. The number of aromatic nitrogens is 2. The molecule has 440 valence electrons. The maximum absolute atomic E-state index is 15.0. The van der Waals surface area contributed by atoms with E-state index in [1.165, 1.54) is 89.9 Å². The highest BCUT2D eigenvalue weighted by Crippen LogP contribution is 2.45. The number of carbonyl (C=O) groups excluding carboxylic acids is 3. The lowest BCUT2D eigenvalue weighted by molar-refractivity contribution is -0.882. The summed E-state index contributed by atoms with van der Waals surface area (Å²) >= 11 is 0. The molecule has 15 heteroatoms. The van der Waals surface area contributed by atoms with E-state index >= 15 is 0 Å².